The predicted molar refractivity (Wildman–Crippen MR) is 52.0 cm³/mol. The van der Waals surface area contributed by atoms with Gasteiger partial charge in [-0.15, -0.1) is 0 Å². The van der Waals surface area contributed by atoms with E-state index in [1.54, 1.807) is 0 Å². The van der Waals surface area contributed by atoms with Gasteiger partial charge in [-0.05, 0) is 6.07 Å². The van der Waals surface area contributed by atoms with Gasteiger partial charge in [0.1, 0.15) is 0 Å². The fourth-order valence-corrected chi connectivity index (χ4v) is 1.38. The molecule has 1 rings (SSSR count). The Kier molecular flexibility index (Phi) is 3.95. The number of carboxylic acids is 1. The lowest BCUT2D eigenvalue weighted by atomic mass is 10.0. The molecule has 17 heavy (non-hydrogen) atoms. The molecule has 0 spiro atoms. The van der Waals surface area contributed by atoms with E-state index in [-0.39, 0.29) is 5.56 Å². The molecule has 7 heteroatoms. The van der Waals surface area contributed by atoms with Crippen molar-refractivity contribution in [2.24, 2.45) is 5.73 Å². The number of carboxylic acid groups (broad SMARTS) is 1. The Labute approximate surface area is 94.8 Å². The molecule has 0 fully saturated rings. The molecule has 1 atom stereocenters. The maximum Gasteiger partial charge on any atom is 0.305 e. The molecule has 0 radical (unpaired) electrons. The quantitative estimate of drug-likeness (QED) is 0.795. The number of aliphatic carboxylic acids is 1. The zero-order valence-corrected chi connectivity index (χ0v) is 8.84. The van der Waals surface area contributed by atoms with Crippen molar-refractivity contribution in [1.82, 2.24) is 0 Å². The summed E-state index contributed by atoms with van der Waals surface area (Å²) in [6.07, 6.45) is -0.555. The van der Waals surface area contributed by atoms with Crippen molar-refractivity contribution in [2.45, 2.75) is 12.5 Å². The summed E-state index contributed by atoms with van der Waals surface area (Å²) in [5.41, 5.74) is 5.21. The van der Waals surface area contributed by atoms with Gasteiger partial charge < -0.3 is 15.6 Å². The van der Waals surface area contributed by atoms with Gasteiger partial charge in [0, 0.05) is 11.6 Å². The van der Waals surface area contributed by atoms with Gasteiger partial charge in [0.15, 0.2) is 17.4 Å². The van der Waals surface area contributed by atoms with Crippen LogP contribution in [-0.2, 0) is 4.79 Å². The van der Waals surface area contributed by atoms with Crippen LogP contribution in [0.5, 0.6) is 5.75 Å². The summed E-state index contributed by atoms with van der Waals surface area (Å²) in [5, 5.41) is 8.52. The number of nitrogens with two attached hydrogens (primary N) is 1. The van der Waals surface area contributed by atoms with Crippen LogP contribution in [0.2, 0.25) is 0 Å². The number of hydrogen-bond acceptors (Lipinski definition) is 3. The third-order valence-electron chi connectivity index (χ3n) is 2.14. The number of ether oxygens (including phenoxy) is 1. The summed E-state index contributed by atoms with van der Waals surface area (Å²) in [7, 11) is 1.05. The van der Waals surface area contributed by atoms with Crippen LogP contribution in [0.3, 0.4) is 0 Å². The van der Waals surface area contributed by atoms with Gasteiger partial charge in [-0.1, -0.05) is 0 Å². The molecule has 0 aliphatic carbocycles. The number of benzene rings is 1. The maximum absolute atomic E-state index is 13.3. The molecule has 3 N–H and O–H groups in total. The number of carbonyl (C=O) groups is 1. The van der Waals surface area contributed by atoms with Gasteiger partial charge in [-0.25, -0.2) is 8.78 Å². The van der Waals surface area contributed by atoms with Crippen LogP contribution in [0.25, 0.3) is 0 Å². The summed E-state index contributed by atoms with van der Waals surface area (Å²) in [5.74, 6) is -6.49. The van der Waals surface area contributed by atoms with Gasteiger partial charge in [0.05, 0.1) is 13.5 Å². The van der Waals surface area contributed by atoms with E-state index in [2.05, 4.69) is 4.74 Å². The molecule has 0 heterocycles. The molecule has 0 aromatic heterocycles. The second kappa shape index (κ2) is 5.05. The lowest BCUT2D eigenvalue weighted by Crippen LogP contribution is -2.17. The third-order valence-corrected chi connectivity index (χ3v) is 2.14. The lowest BCUT2D eigenvalue weighted by Gasteiger charge is -2.15. The van der Waals surface area contributed by atoms with Crippen molar-refractivity contribution < 1.29 is 27.8 Å². The van der Waals surface area contributed by atoms with Crippen molar-refractivity contribution in [1.29, 1.82) is 0 Å². The average Bonchev–Trinajstić information content (AvgIpc) is 2.24. The molecule has 0 amide bonds. The highest BCUT2D eigenvalue weighted by molar-refractivity contribution is 5.68. The van der Waals surface area contributed by atoms with Crippen molar-refractivity contribution in [3.8, 4) is 5.75 Å². The normalized spacial score (nSPS) is 12.3. The van der Waals surface area contributed by atoms with Crippen LogP contribution in [0, 0.1) is 17.5 Å². The molecule has 1 aromatic carbocycles. The van der Waals surface area contributed by atoms with Crippen LogP contribution >= 0.6 is 0 Å². The summed E-state index contributed by atoms with van der Waals surface area (Å²) in [4.78, 5) is 10.4. The first-order chi connectivity index (χ1) is 7.88. The van der Waals surface area contributed by atoms with Gasteiger partial charge in [0.2, 0.25) is 5.82 Å². The molecule has 0 saturated carbocycles. The number of rotatable bonds is 4. The summed E-state index contributed by atoms with van der Waals surface area (Å²) >= 11 is 0. The van der Waals surface area contributed by atoms with Gasteiger partial charge in [-0.2, -0.15) is 4.39 Å². The highest BCUT2D eigenvalue weighted by Gasteiger charge is 2.24. The standard InChI is InChI=1S/C10H10F3NO3/c1-17-10-4(6(14)3-7(15)16)2-5(11)8(12)9(10)13/h2,6H,3,14H2,1H3,(H,15,16). The molecule has 4 nitrogen and oxygen atoms in total. The predicted octanol–water partition coefficient (Wildman–Crippen LogP) is 1.59. The molecule has 0 aliphatic heterocycles. The second-order valence-electron chi connectivity index (χ2n) is 3.31. The number of halogens is 3. The Morgan fingerprint density at radius 2 is 2.06 bits per heavy atom. The molecule has 1 aromatic rings. The zero-order chi connectivity index (χ0) is 13.2. The molecule has 0 aliphatic rings. The Morgan fingerprint density at radius 3 is 2.53 bits per heavy atom. The minimum absolute atomic E-state index is 0.230. The Balaban J connectivity index is 3.27. The molecular weight excluding hydrogens is 239 g/mol. The van der Waals surface area contributed by atoms with Gasteiger partial charge in [-0.3, -0.25) is 4.79 Å². The smallest absolute Gasteiger partial charge is 0.305 e. The van der Waals surface area contributed by atoms with E-state index in [1.165, 1.54) is 0 Å². The monoisotopic (exact) mass is 249 g/mol. The summed E-state index contributed by atoms with van der Waals surface area (Å²) in [6.45, 7) is 0. The van der Waals surface area contributed by atoms with Crippen LogP contribution in [0.4, 0.5) is 13.2 Å². The van der Waals surface area contributed by atoms with Crippen LogP contribution < -0.4 is 10.5 Å². The highest BCUT2D eigenvalue weighted by Crippen LogP contribution is 2.31. The first-order valence-electron chi connectivity index (χ1n) is 4.57. The molecular formula is C10H10F3NO3. The van der Waals surface area contributed by atoms with Crippen molar-refractivity contribution in [3.05, 3.63) is 29.1 Å². The number of methoxy groups -OCH3 is 1. The Bertz CT molecular complexity index is 451. The topological polar surface area (TPSA) is 72.5 Å². The first-order valence-corrected chi connectivity index (χ1v) is 4.57. The van der Waals surface area contributed by atoms with E-state index < -0.39 is 41.6 Å². The number of hydrogen-bond donors (Lipinski definition) is 2. The average molecular weight is 249 g/mol. The fraction of sp³-hybridized carbons (Fsp3) is 0.300. The third kappa shape index (κ3) is 2.68. The molecule has 1 unspecified atom stereocenters. The Hall–Kier alpha value is -1.76. The van der Waals surface area contributed by atoms with Crippen LogP contribution in [0.1, 0.15) is 18.0 Å². The zero-order valence-electron chi connectivity index (χ0n) is 8.84. The van der Waals surface area contributed by atoms with E-state index in [0.29, 0.717) is 6.07 Å². The highest BCUT2D eigenvalue weighted by atomic mass is 19.2. The molecule has 94 valence electrons. The largest absolute Gasteiger partial charge is 0.493 e. The second-order valence-corrected chi connectivity index (χ2v) is 3.31. The summed E-state index contributed by atoms with van der Waals surface area (Å²) in [6, 6.07) is -0.558. The SMILES string of the molecule is COc1c(C(N)CC(=O)O)cc(F)c(F)c1F. The van der Waals surface area contributed by atoms with E-state index in [4.69, 9.17) is 10.8 Å². The van der Waals surface area contributed by atoms with E-state index in [9.17, 15) is 18.0 Å². The van der Waals surface area contributed by atoms with Crippen molar-refractivity contribution in [3.63, 3.8) is 0 Å². The van der Waals surface area contributed by atoms with Gasteiger partial charge in [0.25, 0.3) is 0 Å². The van der Waals surface area contributed by atoms with E-state index in [1.807, 2.05) is 0 Å². The van der Waals surface area contributed by atoms with Crippen molar-refractivity contribution in [2.75, 3.05) is 7.11 Å². The minimum Gasteiger partial charge on any atom is -0.493 e. The minimum atomic E-state index is -1.69. The van der Waals surface area contributed by atoms with E-state index >= 15 is 0 Å². The lowest BCUT2D eigenvalue weighted by molar-refractivity contribution is -0.137. The maximum atomic E-state index is 13.3. The molecule has 0 saturated heterocycles. The summed E-state index contributed by atoms with van der Waals surface area (Å²) < 4.78 is 43.7. The van der Waals surface area contributed by atoms with Crippen LogP contribution in [0.15, 0.2) is 6.07 Å². The molecule has 0 bridgehead atoms. The van der Waals surface area contributed by atoms with Crippen molar-refractivity contribution >= 4 is 5.97 Å². The first kappa shape index (κ1) is 13.3. The Morgan fingerprint density at radius 1 is 1.47 bits per heavy atom. The fourth-order valence-electron chi connectivity index (χ4n) is 1.38. The van der Waals surface area contributed by atoms with Crippen LogP contribution in [-0.4, -0.2) is 18.2 Å². The van der Waals surface area contributed by atoms with Gasteiger partial charge >= 0.3 is 5.97 Å². The van der Waals surface area contributed by atoms with E-state index in [0.717, 1.165) is 7.11 Å².